The lowest BCUT2D eigenvalue weighted by molar-refractivity contribution is 0.600. The normalized spacial score (nSPS) is 10.8. The average Bonchev–Trinajstić information content (AvgIpc) is 2.54. The smallest absolute Gasteiger partial charge is 0.262 e. The molecule has 5 nitrogen and oxygen atoms in total. The summed E-state index contributed by atoms with van der Waals surface area (Å²) in [5.41, 5.74) is 1.58. The maximum Gasteiger partial charge on any atom is 0.262 e. The highest BCUT2D eigenvalue weighted by atomic mass is 35.5. The van der Waals surface area contributed by atoms with Crippen LogP contribution in [0.15, 0.2) is 60.0 Å². The lowest BCUT2D eigenvalue weighted by Crippen LogP contribution is -2.28. The summed E-state index contributed by atoms with van der Waals surface area (Å²) in [5.74, 6) is 0. The van der Waals surface area contributed by atoms with Gasteiger partial charge in [-0.25, -0.2) is 8.42 Å². The molecular formula is C17H18ClN3O2S2. The predicted molar refractivity (Wildman–Crippen MR) is 108 cm³/mol. The van der Waals surface area contributed by atoms with E-state index in [-0.39, 0.29) is 4.90 Å². The summed E-state index contributed by atoms with van der Waals surface area (Å²) in [4.78, 5) is 0.156. The van der Waals surface area contributed by atoms with E-state index in [0.29, 0.717) is 33.6 Å². The maximum absolute atomic E-state index is 12.7. The summed E-state index contributed by atoms with van der Waals surface area (Å²) in [5, 5.41) is 6.71. The van der Waals surface area contributed by atoms with E-state index < -0.39 is 10.0 Å². The van der Waals surface area contributed by atoms with Gasteiger partial charge < -0.3 is 10.6 Å². The molecule has 132 valence electrons. The van der Waals surface area contributed by atoms with Gasteiger partial charge in [0.05, 0.1) is 10.6 Å². The van der Waals surface area contributed by atoms with E-state index in [9.17, 15) is 8.42 Å². The number of aryl methyl sites for hydroxylation is 1. The summed E-state index contributed by atoms with van der Waals surface area (Å²) in [7, 11) is -3.76. The Hall–Kier alpha value is -2.09. The second-order valence-electron chi connectivity index (χ2n) is 5.22. The molecule has 0 aromatic heterocycles. The number of rotatable bonds is 6. The molecule has 0 saturated carbocycles. The van der Waals surface area contributed by atoms with Gasteiger partial charge in [0.1, 0.15) is 0 Å². The number of nitrogens with one attached hydrogen (secondary N) is 3. The van der Waals surface area contributed by atoms with Gasteiger partial charge in [-0.1, -0.05) is 29.8 Å². The van der Waals surface area contributed by atoms with Crippen LogP contribution >= 0.6 is 23.8 Å². The lowest BCUT2D eigenvalue weighted by Gasteiger charge is -2.14. The molecule has 0 heterocycles. The highest BCUT2D eigenvalue weighted by Gasteiger charge is 2.18. The molecule has 0 radical (unpaired) electrons. The van der Waals surface area contributed by atoms with Crippen molar-refractivity contribution in [3.8, 4) is 0 Å². The van der Waals surface area contributed by atoms with Gasteiger partial charge in [-0.3, -0.25) is 4.72 Å². The SMILES string of the molecule is C=CCNC(=S)Nc1ccc(C)c(S(=O)(=O)Nc2cccc(Cl)c2)c1. The Bertz CT molecular complexity index is 899. The Labute approximate surface area is 158 Å². The fraction of sp³-hybridized carbons (Fsp3) is 0.118. The zero-order valence-corrected chi connectivity index (χ0v) is 15.9. The van der Waals surface area contributed by atoms with Gasteiger partial charge in [0.2, 0.25) is 0 Å². The lowest BCUT2D eigenvalue weighted by atomic mass is 10.2. The van der Waals surface area contributed by atoms with Gasteiger partial charge in [0.15, 0.2) is 5.11 Å². The number of hydrogen-bond acceptors (Lipinski definition) is 3. The minimum Gasteiger partial charge on any atom is -0.359 e. The molecular weight excluding hydrogens is 378 g/mol. The molecule has 0 saturated heterocycles. The molecule has 0 atom stereocenters. The van der Waals surface area contributed by atoms with E-state index in [2.05, 4.69) is 21.9 Å². The Morgan fingerprint density at radius 3 is 2.68 bits per heavy atom. The Morgan fingerprint density at radius 1 is 1.24 bits per heavy atom. The second-order valence-corrected chi connectivity index (χ2v) is 7.72. The molecule has 0 amide bonds. The first-order valence-corrected chi connectivity index (χ1v) is 9.63. The largest absolute Gasteiger partial charge is 0.359 e. The predicted octanol–water partition coefficient (Wildman–Crippen LogP) is 3.92. The highest BCUT2D eigenvalue weighted by molar-refractivity contribution is 7.92. The summed E-state index contributed by atoms with van der Waals surface area (Å²) in [6, 6.07) is 11.5. The number of thiocarbonyl (C=S) groups is 1. The quantitative estimate of drug-likeness (QED) is 0.510. The molecule has 0 aliphatic carbocycles. The third kappa shape index (κ3) is 5.45. The van der Waals surface area contributed by atoms with Crippen molar-refractivity contribution in [2.45, 2.75) is 11.8 Å². The fourth-order valence-electron chi connectivity index (χ4n) is 2.07. The minimum absolute atomic E-state index is 0.156. The van der Waals surface area contributed by atoms with Gasteiger partial charge in [-0.05, 0) is 55.0 Å². The van der Waals surface area contributed by atoms with Crippen LogP contribution in [0, 0.1) is 6.92 Å². The van der Waals surface area contributed by atoms with Crippen molar-refractivity contribution < 1.29 is 8.42 Å². The number of anilines is 2. The molecule has 8 heteroatoms. The third-order valence-corrected chi connectivity index (χ3v) is 5.22. The van der Waals surface area contributed by atoms with Crippen molar-refractivity contribution in [3.05, 3.63) is 65.7 Å². The Kier molecular flexibility index (Phi) is 6.41. The van der Waals surface area contributed by atoms with Gasteiger partial charge in [0, 0.05) is 17.3 Å². The summed E-state index contributed by atoms with van der Waals surface area (Å²) in [6.45, 7) is 5.84. The topological polar surface area (TPSA) is 70.2 Å². The molecule has 0 spiro atoms. The molecule has 2 aromatic rings. The second kappa shape index (κ2) is 8.33. The Morgan fingerprint density at radius 2 is 2.00 bits per heavy atom. The molecule has 2 rings (SSSR count). The first kappa shape index (κ1) is 19.2. The molecule has 25 heavy (non-hydrogen) atoms. The molecule has 0 bridgehead atoms. The standard InChI is InChI=1S/C17H18ClN3O2S2/c1-3-9-19-17(24)20-14-8-7-12(2)16(11-14)25(22,23)21-15-6-4-5-13(18)10-15/h3-8,10-11,21H,1,9H2,2H3,(H2,19,20,24). The van der Waals surface area contributed by atoms with E-state index in [1.54, 1.807) is 49.4 Å². The first-order chi connectivity index (χ1) is 11.8. The zero-order valence-electron chi connectivity index (χ0n) is 13.5. The zero-order chi connectivity index (χ0) is 18.4. The van der Waals surface area contributed by atoms with E-state index in [4.69, 9.17) is 23.8 Å². The van der Waals surface area contributed by atoms with E-state index >= 15 is 0 Å². The highest BCUT2D eigenvalue weighted by Crippen LogP contribution is 2.24. The molecule has 0 unspecified atom stereocenters. The monoisotopic (exact) mass is 395 g/mol. The number of halogens is 1. The van der Waals surface area contributed by atoms with Gasteiger partial charge in [0.25, 0.3) is 10.0 Å². The number of sulfonamides is 1. The van der Waals surface area contributed by atoms with Crippen LogP contribution in [0.1, 0.15) is 5.56 Å². The number of benzene rings is 2. The molecule has 0 fully saturated rings. The van der Waals surface area contributed by atoms with Crippen LogP contribution in [0.5, 0.6) is 0 Å². The molecule has 0 aliphatic heterocycles. The third-order valence-electron chi connectivity index (χ3n) is 3.22. The summed E-state index contributed by atoms with van der Waals surface area (Å²) in [6.07, 6.45) is 1.67. The van der Waals surface area contributed by atoms with Crippen molar-refractivity contribution >= 4 is 50.3 Å². The number of hydrogen-bond donors (Lipinski definition) is 3. The van der Waals surface area contributed by atoms with Crippen LogP contribution in [0.4, 0.5) is 11.4 Å². The van der Waals surface area contributed by atoms with Gasteiger partial charge >= 0.3 is 0 Å². The molecule has 0 aliphatic rings. The average molecular weight is 396 g/mol. The van der Waals surface area contributed by atoms with Crippen LogP contribution in [0.2, 0.25) is 5.02 Å². The molecule has 3 N–H and O–H groups in total. The van der Waals surface area contributed by atoms with Crippen molar-refractivity contribution in [2.75, 3.05) is 16.6 Å². The van der Waals surface area contributed by atoms with Crippen LogP contribution in [0.3, 0.4) is 0 Å². The van der Waals surface area contributed by atoms with Crippen molar-refractivity contribution in [2.24, 2.45) is 0 Å². The van der Waals surface area contributed by atoms with Gasteiger partial charge in [-0.2, -0.15) is 0 Å². The first-order valence-electron chi connectivity index (χ1n) is 7.36. The van der Waals surface area contributed by atoms with E-state index in [0.717, 1.165) is 0 Å². The van der Waals surface area contributed by atoms with Crippen molar-refractivity contribution in [1.29, 1.82) is 0 Å². The minimum atomic E-state index is -3.76. The molecule has 2 aromatic carbocycles. The summed E-state index contributed by atoms with van der Waals surface area (Å²) >= 11 is 11.0. The Balaban J connectivity index is 2.26. The maximum atomic E-state index is 12.7. The van der Waals surface area contributed by atoms with E-state index in [1.165, 1.54) is 6.07 Å². The van der Waals surface area contributed by atoms with Crippen LogP contribution in [0.25, 0.3) is 0 Å². The van der Waals surface area contributed by atoms with Crippen molar-refractivity contribution in [3.63, 3.8) is 0 Å². The van der Waals surface area contributed by atoms with Crippen LogP contribution < -0.4 is 15.4 Å². The van der Waals surface area contributed by atoms with Crippen molar-refractivity contribution in [1.82, 2.24) is 5.32 Å². The summed E-state index contributed by atoms with van der Waals surface area (Å²) < 4.78 is 27.9. The van der Waals surface area contributed by atoms with Crippen LogP contribution in [-0.2, 0) is 10.0 Å². The fourth-order valence-corrected chi connectivity index (χ4v) is 3.78. The van der Waals surface area contributed by atoms with Crippen LogP contribution in [-0.4, -0.2) is 20.1 Å². The van der Waals surface area contributed by atoms with Gasteiger partial charge in [-0.15, -0.1) is 6.58 Å². The van der Waals surface area contributed by atoms with E-state index in [1.807, 2.05) is 0 Å².